The van der Waals surface area contributed by atoms with Crippen molar-refractivity contribution >= 4 is 0 Å². The van der Waals surface area contributed by atoms with Gasteiger partial charge in [0.05, 0.1) is 19.8 Å². The van der Waals surface area contributed by atoms with Crippen molar-refractivity contribution in [3.8, 4) is 11.8 Å². The normalized spacial score (nSPS) is 19.8. The Balaban J connectivity index is 1.40. The second kappa shape index (κ2) is 11.4. The van der Waals surface area contributed by atoms with Crippen LogP contribution in [0, 0.1) is 17.7 Å². The van der Waals surface area contributed by atoms with Crippen molar-refractivity contribution in [1.29, 1.82) is 0 Å². The Labute approximate surface area is 188 Å². The first-order valence-corrected chi connectivity index (χ1v) is 10.6. The molecule has 0 fully saturated rings. The monoisotopic (exact) mass is 428 g/mol. The van der Waals surface area contributed by atoms with Gasteiger partial charge in [-0.1, -0.05) is 78.6 Å². The number of hydrogen-bond acceptors (Lipinski definition) is 3. The van der Waals surface area contributed by atoms with Crippen LogP contribution in [0.15, 0.2) is 97.1 Å². The molecule has 3 atom stereocenters. The maximum absolute atomic E-state index is 13.1. The lowest BCUT2D eigenvalue weighted by molar-refractivity contribution is -0.107. The largest absolute Gasteiger partial charge is 0.374 e. The first kappa shape index (κ1) is 22.0. The number of halogens is 1. The Kier molecular flexibility index (Phi) is 7.84. The molecule has 32 heavy (non-hydrogen) atoms. The Morgan fingerprint density at radius 2 is 1.44 bits per heavy atom. The minimum Gasteiger partial charge on any atom is -0.374 e. The lowest BCUT2D eigenvalue weighted by Gasteiger charge is -2.30. The summed E-state index contributed by atoms with van der Waals surface area (Å²) in [6.07, 6.45) is 2.98. The molecule has 0 bridgehead atoms. The van der Waals surface area contributed by atoms with Gasteiger partial charge in [-0.15, -0.1) is 0 Å². The number of rotatable bonds is 7. The molecule has 4 heteroatoms. The van der Waals surface area contributed by atoms with E-state index in [9.17, 15) is 4.39 Å². The van der Waals surface area contributed by atoms with Gasteiger partial charge < -0.3 is 14.2 Å². The Morgan fingerprint density at radius 3 is 2.12 bits per heavy atom. The third-order valence-corrected chi connectivity index (χ3v) is 5.05. The van der Waals surface area contributed by atoms with Crippen LogP contribution in [0.25, 0.3) is 0 Å². The minimum absolute atomic E-state index is 0.241. The summed E-state index contributed by atoms with van der Waals surface area (Å²) >= 11 is 0. The van der Waals surface area contributed by atoms with Gasteiger partial charge in [0.25, 0.3) is 0 Å². The predicted molar refractivity (Wildman–Crippen MR) is 122 cm³/mol. The molecule has 0 N–H and O–H groups in total. The number of ether oxygens (including phenoxy) is 3. The molecule has 0 saturated carbocycles. The second-order valence-corrected chi connectivity index (χ2v) is 7.52. The van der Waals surface area contributed by atoms with Crippen LogP contribution in [0.3, 0.4) is 0 Å². The van der Waals surface area contributed by atoms with Gasteiger partial charge >= 0.3 is 0 Å². The smallest absolute Gasteiger partial charge is 0.137 e. The van der Waals surface area contributed by atoms with Crippen molar-refractivity contribution in [2.75, 3.05) is 6.61 Å². The zero-order chi connectivity index (χ0) is 22.0. The van der Waals surface area contributed by atoms with Crippen LogP contribution in [-0.2, 0) is 27.4 Å². The molecular formula is C28H25FO3. The van der Waals surface area contributed by atoms with Crippen LogP contribution < -0.4 is 0 Å². The van der Waals surface area contributed by atoms with Crippen molar-refractivity contribution in [2.24, 2.45) is 0 Å². The summed E-state index contributed by atoms with van der Waals surface area (Å²) in [5.41, 5.74) is 2.94. The number of hydrogen-bond donors (Lipinski definition) is 0. The van der Waals surface area contributed by atoms with E-state index in [4.69, 9.17) is 14.2 Å². The zero-order valence-corrected chi connectivity index (χ0v) is 17.7. The molecule has 3 aromatic rings. The Hall–Kier alpha value is -3.23. The van der Waals surface area contributed by atoms with Crippen LogP contribution in [0.5, 0.6) is 0 Å². The fourth-order valence-corrected chi connectivity index (χ4v) is 3.35. The van der Waals surface area contributed by atoms with E-state index in [-0.39, 0.29) is 24.1 Å². The minimum atomic E-state index is -0.387. The number of benzene rings is 3. The highest BCUT2D eigenvalue weighted by molar-refractivity contribution is 5.36. The summed E-state index contributed by atoms with van der Waals surface area (Å²) in [6, 6.07) is 26.2. The maximum Gasteiger partial charge on any atom is 0.137 e. The van der Waals surface area contributed by atoms with Gasteiger partial charge in [-0.25, -0.2) is 4.39 Å². The third-order valence-electron chi connectivity index (χ3n) is 5.05. The van der Waals surface area contributed by atoms with Gasteiger partial charge in [0.2, 0.25) is 0 Å². The molecule has 0 aromatic heterocycles. The zero-order valence-electron chi connectivity index (χ0n) is 17.7. The molecule has 1 aliphatic rings. The third kappa shape index (κ3) is 6.63. The van der Waals surface area contributed by atoms with E-state index in [2.05, 4.69) is 11.8 Å². The van der Waals surface area contributed by atoms with E-state index in [1.165, 1.54) is 12.1 Å². The second-order valence-electron chi connectivity index (χ2n) is 7.52. The van der Waals surface area contributed by atoms with Gasteiger partial charge in [-0.05, 0) is 41.5 Å². The molecule has 0 radical (unpaired) electrons. The SMILES string of the molecule is Fc1ccc(C#C[C@@H]2C=C[C@H](OCc3ccccc3)[C@@H](COCc3ccccc3)O2)cc1. The van der Waals surface area contributed by atoms with Gasteiger partial charge in [-0.3, -0.25) is 0 Å². The van der Waals surface area contributed by atoms with Crippen molar-refractivity contribution in [2.45, 2.75) is 31.5 Å². The van der Waals surface area contributed by atoms with Crippen LogP contribution in [0.4, 0.5) is 4.39 Å². The highest BCUT2D eigenvalue weighted by atomic mass is 19.1. The highest BCUT2D eigenvalue weighted by Gasteiger charge is 2.27. The summed E-state index contributed by atoms with van der Waals surface area (Å²) in [5.74, 6) is 5.86. The first-order valence-electron chi connectivity index (χ1n) is 10.6. The molecule has 3 nitrogen and oxygen atoms in total. The lowest BCUT2D eigenvalue weighted by Crippen LogP contribution is -2.39. The molecule has 3 aromatic carbocycles. The molecule has 0 amide bonds. The average Bonchev–Trinajstić information content (AvgIpc) is 2.84. The molecule has 4 rings (SSSR count). The van der Waals surface area contributed by atoms with Crippen LogP contribution >= 0.6 is 0 Å². The van der Waals surface area contributed by atoms with Crippen molar-refractivity contribution < 1.29 is 18.6 Å². The predicted octanol–water partition coefficient (Wildman–Crippen LogP) is 5.30. The molecule has 0 saturated heterocycles. The van der Waals surface area contributed by atoms with Crippen molar-refractivity contribution in [3.63, 3.8) is 0 Å². The summed E-state index contributed by atoms with van der Waals surface area (Å²) < 4.78 is 31.4. The molecule has 1 aliphatic heterocycles. The fourth-order valence-electron chi connectivity index (χ4n) is 3.35. The van der Waals surface area contributed by atoms with E-state index in [1.807, 2.05) is 72.8 Å². The van der Waals surface area contributed by atoms with E-state index >= 15 is 0 Å². The Bertz CT molecular complexity index is 1050. The van der Waals surface area contributed by atoms with E-state index in [1.54, 1.807) is 12.1 Å². The summed E-state index contributed by atoms with van der Waals surface area (Å²) in [6.45, 7) is 1.37. The molecular weight excluding hydrogens is 403 g/mol. The van der Waals surface area contributed by atoms with Crippen LogP contribution in [0.1, 0.15) is 16.7 Å². The molecule has 0 aliphatic carbocycles. The van der Waals surface area contributed by atoms with Crippen LogP contribution in [-0.4, -0.2) is 24.9 Å². The quantitative estimate of drug-likeness (QED) is 0.377. The summed E-state index contributed by atoms with van der Waals surface area (Å²) in [5, 5.41) is 0. The first-order chi connectivity index (χ1) is 15.8. The van der Waals surface area contributed by atoms with Gasteiger partial charge in [0.1, 0.15) is 24.1 Å². The molecule has 0 spiro atoms. The van der Waals surface area contributed by atoms with E-state index in [0.29, 0.717) is 19.8 Å². The molecule has 1 heterocycles. The van der Waals surface area contributed by atoms with Crippen LogP contribution in [0.2, 0.25) is 0 Å². The van der Waals surface area contributed by atoms with Gasteiger partial charge in [0.15, 0.2) is 0 Å². The molecule has 162 valence electrons. The van der Waals surface area contributed by atoms with Crippen molar-refractivity contribution in [3.05, 3.63) is 120 Å². The van der Waals surface area contributed by atoms with Gasteiger partial charge in [0, 0.05) is 5.56 Å². The fraction of sp³-hybridized carbons (Fsp3) is 0.214. The average molecular weight is 429 g/mol. The van der Waals surface area contributed by atoms with Crippen molar-refractivity contribution in [1.82, 2.24) is 0 Å². The van der Waals surface area contributed by atoms with E-state index in [0.717, 1.165) is 16.7 Å². The summed E-state index contributed by atoms with van der Waals surface area (Å²) in [4.78, 5) is 0. The summed E-state index contributed by atoms with van der Waals surface area (Å²) in [7, 11) is 0. The lowest BCUT2D eigenvalue weighted by atomic mass is 10.1. The Morgan fingerprint density at radius 1 is 0.781 bits per heavy atom. The standard InChI is InChI=1S/C28H25FO3/c29-25-14-11-22(12-15-25)13-16-26-17-18-27(31-20-24-9-5-2-6-10-24)28(32-26)21-30-19-23-7-3-1-4-8-23/h1-12,14-15,17-18,26-28H,19-21H2/t26-,27+,28-/m1/s1. The molecule has 0 unspecified atom stereocenters. The maximum atomic E-state index is 13.1. The van der Waals surface area contributed by atoms with E-state index < -0.39 is 0 Å². The highest BCUT2D eigenvalue weighted by Crippen LogP contribution is 2.19. The topological polar surface area (TPSA) is 27.7 Å². The van der Waals surface area contributed by atoms with Gasteiger partial charge in [-0.2, -0.15) is 0 Å².